The van der Waals surface area contributed by atoms with Crippen molar-refractivity contribution >= 4 is 17.7 Å². The van der Waals surface area contributed by atoms with Crippen molar-refractivity contribution in [2.45, 2.75) is 5.16 Å². The van der Waals surface area contributed by atoms with E-state index >= 15 is 0 Å². The molecule has 0 N–H and O–H groups in total. The van der Waals surface area contributed by atoms with Crippen LogP contribution in [0, 0.1) is 0 Å². The van der Waals surface area contributed by atoms with Crippen LogP contribution in [0.25, 0.3) is 0 Å². The number of rotatable bonds is 3. The fourth-order valence-corrected chi connectivity index (χ4v) is 2.60. The summed E-state index contributed by atoms with van der Waals surface area (Å²) in [5.41, 5.74) is 0. The molecular weight excluding hydrogens is 236 g/mol. The molecule has 0 radical (unpaired) electrons. The molecular formula is C11H18N4OS. The zero-order valence-corrected chi connectivity index (χ0v) is 11.1. The highest BCUT2D eigenvalue weighted by atomic mass is 32.2. The summed E-state index contributed by atoms with van der Waals surface area (Å²) in [5, 5.41) is 0.896. The third kappa shape index (κ3) is 3.23. The molecule has 5 nitrogen and oxygen atoms in total. The van der Waals surface area contributed by atoms with Crippen molar-refractivity contribution in [3.05, 3.63) is 12.4 Å². The number of piperazine rings is 1. The quantitative estimate of drug-likeness (QED) is 0.727. The standard InChI is InChI=1S/C11H18N4OS/c1-13-5-7-15(8-6-13)10(16)9-17-11-12-3-4-14(11)2/h3-4H,5-9H2,1-2H3. The van der Waals surface area contributed by atoms with Crippen LogP contribution in [-0.2, 0) is 11.8 Å². The predicted octanol–water partition coefficient (Wildman–Crippen LogP) is 0.286. The zero-order chi connectivity index (χ0) is 12.3. The third-order valence-corrected chi connectivity index (χ3v) is 4.00. The first-order valence-corrected chi connectivity index (χ1v) is 6.72. The van der Waals surface area contributed by atoms with Gasteiger partial charge in [0.25, 0.3) is 0 Å². The van der Waals surface area contributed by atoms with Gasteiger partial charge in [0.05, 0.1) is 5.75 Å². The summed E-state index contributed by atoms with van der Waals surface area (Å²) >= 11 is 1.50. The van der Waals surface area contributed by atoms with Gasteiger partial charge < -0.3 is 14.4 Å². The largest absolute Gasteiger partial charge is 0.339 e. The van der Waals surface area contributed by atoms with Crippen molar-refractivity contribution in [3.63, 3.8) is 0 Å². The van der Waals surface area contributed by atoms with Gasteiger partial charge in [0, 0.05) is 45.6 Å². The van der Waals surface area contributed by atoms with E-state index < -0.39 is 0 Å². The Balaban J connectivity index is 1.80. The van der Waals surface area contributed by atoms with Gasteiger partial charge in [-0.15, -0.1) is 0 Å². The summed E-state index contributed by atoms with van der Waals surface area (Å²) in [6.45, 7) is 3.63. The van der Waals surface area contributed by atoms with Crippen molar-refractivity contribution in [1.29, 1.82) is 0 Å². The molecule has 1 amide bonds. The van der Waals surface area contributed by atoms with E-state index in [-0.39, 0.29) is 5.91 Å². The highest BCUT2D eigenvalue weighted by molar-refractivity contribution is 7.99. The van der Waals surface area contributed by atoms with E-state index in [1.165, 1.54) is 11.8 Å². The Labute approximate surface area is 106 Å². The Morgan fingerprint density at radius 2 is 2.06 bits per heavy atom. The summed E-state index contributed by atoms with van der Waals surface area (Å²) in [5.74, 6) is 0.695. The highest BCUT2D eigenvalue weighted by Gasteiger charge is 2.19. The van der Waals surface area contributed by atoms with Gasteiger partial charge in [0.15, 0.2) is 5.16 Å². The van der Waals surface area contributed by atoms with Gasteiger partial charge >= 0.3 is 0 Å². The summed E-state index contributed by atoms with van der Waals surface area (Å²) in [7, 11) is 4.03. The van der Waals surface area contributed by atoms with Crippen molar-refractivity contribution in [2.75, 3.05) is 39.0 Å². The number of carbonyl (C=O) groups excluding carboxylic acids is 1. The maximum atomic E-state index is 12.0. The van der Waals surface area contributed by atoms with Crippen LogP contribution in [0.2, 0.25) is 0 Å². The van der Waals surface area contributed by atoms with E-state index in [2.05, 4.69) is 16.9 Å². The molecule has 94 valence electrons. The minimum absolute atomic E-state index is 0.214. The molecule has 0 aromatic carbocycles. The van der Waals surface area contributed by atoms with E-state index in [1.807, 2.05) is 22.7 Å². The number of aromatic nitrogens is 2. The molecule has 1 saturated heterocycles. The number of hydrogen-bond acceptors (Lipinski definition) is 4. The number of hydrogen-bond donors (Lipinski definition) is 0. The molecule has 0 unspecified atom stereocenters. The maximum absolute atomic E-state index is 12.0. The topological polar surface area (TPSA) is 41.4 Å². The van der Waals surface area contributed by atoms with E-state index in [1.54, 1.807) is 6.20 Å². The number of likely N-dealkylation sites (N-methyl/N-ethyl adjacent to an activating group) is 1. The SMILES string of the molecule is CN1CCN(C(=O)CSc2nccn2C)CC1. The summed E-state index contributed by atoms with van der Waals surface area (Å²) in [6.07, 6.45) is 3.64. The lowest BCUT2D eigenvalue weighted by Crippen LogP contribution is -2.47. The first kappa shape index (κ1) is 12.4. The highest BCUT2D eigenvalue weighted by Crippen LogP contribution is 2.15. The molecule has 6 heteroatoms. The number of amides is 1. The van der Waals surface area contributed by atoms with E-state index in [0.717, 1.165) is 31.3 Å². The second kappa shape index (κ2) is 5.55. The molecule has 0 saturated carbocycles. The predicted molar refractivity (Wildman–Crippen MR) is 68.0 cm³/mol. The lowest BCUT2D eigenvalue weighted by molar-refractivity contribution is -0.129. The van der Waals surface area contributed by atoms with Crippen LogP contribution in [0.4, 0.5) is 0 Å². The molecule has 1 aliphatic heterocycles. The Hall–Kier alpha value is -1.01. The normalized spacial score (nSPS) is 17.4. The molecule has 0 aliphatic carbocycles. The van der Waals surface area contributed by atoms with Gasteiger partial charge in [0.1, 0.15) is 0 Å². The van der Waals surface area contributed by atoms with E-state index in [9.17, 15) is 4.79 Å². The van der Waals surface area contributed by atoms with Crippen LogP contribution in [0.15, 0.2) is 17.6 Å². The molecule has 0 bridgehead atoms. The van der Waals surface area contributed by atoms with Crippen LogP contribution in [0.3, 0.4) is 0 Å². The smallest absolute Gasteiger partial charge is 0.233 e. The van der Waals surface area contributed by atoms with E-state index in [4.69, 9.17) is 0 Å². The van der Waals surface area contributed by atoms with E-state index in [0.29, 0.717) is 5.75 Å². The third-order valence-electron chi connectivity index (χ3n) is 2.96. The fraction of sp³-hybridized carbons (Fsp3) is 0.636. The average Bonchev–Trinajstić information content (AvgIpc) is 2.73. The average molecular weight is 254 g/mol. The molecule has 0 atom stereocenters. The number of nitrogens with zero attached hydrogens (tertiary/aromatic N) is 4. The van der Waals surface area contributed by atoms with Gasteiger partial charge in [-0.25, -0.2) is 4.98 Å². The van der Waals surface area contributed by atoms with Gasteiger partial charge in [-0.1, -0.05) is 11.8 Å². The minimum Gasteiger partial charge on any atom is -0.339 e. The monoisotopic (exact) mass is 254 g/mol. The van der Waals surface area contributed by atoms with Crippen LogP contribution in [-0.4, -0.2) is 64.2 Å². The second-order valence-corrected chi connectivity index (χ2v) is 5.24. The minimum atomic E-state index is 0.214. The van der Waals surface area contributed by atoms with Crippen LogP contribution in [0.5, 0.6) is 0 Å². The molecule has 0 spiro atoms. The molecule has 2 rings (SSSR count). The Kier molecular flexibility index (Phi) is 4.06. The van der Waals surface area contributed by atoms with Crippen molar-refractivity contribution < 1.29 is 4.79 Å². The van der Waals surface area contributed by atoms with Gasteiger partial charge in [-0.05, 0) is 7.05 Å². The molecule has 1 aromatic rings. The Morgan fingerprint density at radius 1 is 1.35 bits per heavy atom. The van der Waals surface area contributed by atoms with Crippen LogP contribution in [0.1, 0.15) is 0 Å². The number of imidazole rings is 1. The molecule has 1 fully saturated rings. The first-order chi connectivity index (χ1) is 8.16. The lowest BCUT2D eigenvalue weighted by Gasteiger charge is -2.32. The summed E-state index contributed by atoms with van der Waals surface area (Å²) in [6, 6.07) is 0. The van der Waals surface area contributed by atoms with Crippen LogP contribution >= 0.6 is 11.8 Å². The molecule has 17 heavy (non-hydrogen) atoms. The zero-order valence-electron chi connectivity index (χ0n) is 10.3. The van der Waals surface area contributed by atoms with Gasteiger partial charge in [-0.2, -0.15) is 0 Å². The molecule has 1 aromatic heterocycles. The summed E-state index contributed by atoms with van der Waals surface area (Å²) in [4.78, 5) is 20.3. The maximum Gasteiger partial charge on any atom is 0.233 e. The van der Waals surface area contributed by atoms with Gasteiger partial charge in [-0.3, -0.25) is 4.79 Å². The lowest BCUT2D eigenvalue weighted by atomic mass is 10.3. The molecule has 1 aliphatic rings. The molecule has 2 heterocycles. The fourth-order valence-electron chi connectivity index (χ4n) is 1.76. The number of thioether (sulfide) groups is 1. The Morgan fingerprint density at radius 3 is 2.65 bits per heavy atom. The van der Waals surface area contributed by atoms with Crippen molar-refractivity contribution in [1.82, 2.24) is 19.4 Å². The Bertz CT molecular complexity index is 385. The van der Waals surface area contributed by atoms with Crippen molar-refractivity contribution in [2.24, 2.45) is 7.05 Å². The van der Waals surface area contributed by atoms with Crippen molar-refractivity contribution in [3.8, 4) is 0 Å². The van der Waals surface area contributed by atoms with Gasteiger partial charge in [0.2, 0.25) is 5.91 Å². The first-order valence-electron chi connectivity index (χ1n) is 5.73. The second-order valence-electron chi connectivity index (χ2n) is 4.29. The summed E-state index contributed by atoms with van der Waals surface area (Å²) < 4.78 is 1.93. The number of carbonyl (C=O) groups is 1. The number of aryl methyl sites for hydroxylation is 1. The van der Waals surface area contributed by atoms with Crippen LogP contribution < -0.4 is 0 Å².